The van der Waals surface area contributed by atoms with E-state index < -0.39 is 0 Å². The number of aryl methyl sites for hydroxylation is 2. The van der Waals surface area contributed by atoms with Gasteiger partial charge in [-0.15, -0.1) is 0 Å². The van der Waals surface area contributed by atoms with Crippen LogP contribution in [0.1, 0.15) is 28.9 Å². The summed E-state index contributed by atoms with van der Waals surface area (Å²) in [5.41, 5.74) is 5.86. The Morgan fingerprint density at radius 1 is 1.24 bits per heavy atom. The zero-order valence-corrected chi connectivity index (χ0v) is 15.2. The summed E-state index contributed by atoms with van der Waals surface area (Å²) in [5, 5.41) is 7.49. The summed E-state index contributed by atoms with van der Waals surface area (Å²) in [6.45, 7) is 6.16. The zero-order chi connectivity index (χ0) is 17.8. The summed E-state index contributed by atoms with van der Waals surface area (Å²) >= 11 is 0. The fourth-order valence-electron chi connectivity index (χ4n) is 3.36. The van der Waals surface area contributed by atoms with Crippen molar-refractivity contribution in [3.8, 4) is 0 Å². The lowest BCUT2D eigenvalue weighted by molar-refractivity contribution is 0.204. The highest BCUT2D eigenvalue weighted by molar-refractivity contribution is 5.78. The first-order chi connectivity index (χ1) is 12.1. The van der Waals surface area contributed by atoms with Crippen LogP contribution < -0.4 is 5.32 Å². The Morgan fingerprint density at radius 2 is 2.00 bits per heavy atom. The minimum Gasteiger partial charge on any atom is -0.338 e. The van der Waals surface area contributed by atoms with Gasteiger partial charge in [-0.25, -0.2) is 4.79 Å². The normalized spacial score (nSPS) is 14.4. The van der Waals surface area contributed by atoms with Crippen LogP contribution in [-0.2, 0) is 13.5 Å². The van der Waals surface area contributed by atoms with Gasteiger partial charge in [0.05, 0.1) is 5.69 Å². The van der Waals surface area contributed by atoms with Gasteiger partial charge in [-0.05, 0) is 43.4 Å². The standard InChI is InChI=1S/C20H26N4O/c1-15-19(16(2)23(3)22-15)11-12-21-20(25)24-13-7-10-18(14-24)17-8-5-4-6-9-17/h4-6,8-10H,7,11-14H2,1-3H3,(H,21,25). The number of hydrogen-bond acceptors (Lipinski definition) is 2. The lowest BCUT2D eigenvalue weighted by atomic mass is 10.0. The van der Waals surface area contributed by atoms with E-state index in [0.717, 1.165) is 25.1 Å². The molecule has 5 nitrogen and oxygen atoms in total. The van der Waals surface area contributed by atoms with E-state index in [-0.39, 0.29) is 6.03 Å². The SMILES string of the molecule is Cc1nn(C)c(C)c1CCNC(=O)N1CCC=C(c2ccccc2)C1. The van der Waals surface area contributed by atoms with E-state index in [4.69, 9.17) is 0 Å². The van der Waals surface area contributed by atoms with E-state index in [2.05, 4.69) is 35.5 Å². The van der Waals surface area contributed by atoms with Gasteiger partial charge in [0, 0.05) is 32.4 Å². The molecule has 1 aromatic heterocycles. The fraction of sp³-hybridized carbons (Fsp3) is 0.400. The Hall–Kier alpha value is -2.56. The predicted octanol–water partition coefficient (Wildman–Crippen LogP) is 3.08. The first-order valence-corrected chi connectivity index (χ1v) is 8.82. The molecule has 0 spiro atoms. The molecule has 2 heterocycles. The van der Waals surface area contributed by atoms with Crippen LogP contribution in [0.5, 0.6) is 0 Å². The summed E-state index contributed by atoms with van der Waals surface area (Å²) in [4.78, 5) is 14.4. The number of amides is 2. The molecule has 0 atom stereocenters. The third-order valence-corrected chi connectivity index (χ3v) is 4.89. The molecule has 0 unspecified atom stereocenters. The maximum Gasteiger partial charge on any atom is 0.317 e. The molecule has 0 radical (unpaired) electrons. The van der Waals surface area contributed by atoms with Crippen molar-refractivity contribution in [1.82, 2.24) is 20.0 Å². The molecule has 2 amide bonds. The van der Waals surface area contributed by atoms with Crippen LogP contribution in [0.15, 0.2) is 36.4 Å². The summed E-state index contributed by atoms with van der Waals surface area (Å²) in [5.74, 6) is 0. The summed E-state index contributed by atoms with van der Waals surface area (Å²) < 4.78 is 1.90. The Balaban J connectivity index is 1.54. The minimum atomic E-state index is 0.0146. The van der Waals surface area contributed by atoms with Gasteiger partial charge < -0.3 is 10.2 Å². The largest absolute Gasteiger partial charge is 0.338 e. The van der Waals surface area contributed by atoms with Gasteiger partial charge in [0.25, 0.3) is 0 Å². The van der Waals surface area contributed by atoms with Gasteiger partial charge in [0.15, 0.2) is 0 Å². The highest BCUT2D eigenvalue weighted by Crippen LogP contribution is 2.20. The quantitative estimate of drug-likeness (QED) is 0.931. The van der Waals surface area contributed by atoms with E-state index >= 15 is 0 Å². The van der Waals surface area contributed by atoms with Crippen molar-refractivity contribution in [2.45, 2.75) is 26.7 Å². The second-order valence-electron chi connectivity index (χ2n) is 6.56. The molecular weight excluding hydrogens is 312 g/mol. The van der Waals surface area contributed by atoms with E-state index in [1.54, 1.807) is 0 Å². The van der Waals surface area contributed by atoms with Crippen molar-refractivity contribution >= 4 is 11.6 Å². The van der Waals surface area contributed by atoms with Crippen LogP contribution in [0.4, 0.5) is 4.79 Å². The third kappa shape index (κ3) is 3.92. The first kappa shape index (κ1) is 17.3. The van der Waals surface area contributed by atoms with Crippen molar-refractivity contribution in [3.63, 3.8) is 0 Å². The molecule has 1 aliphatic rings. The van der Waals surface area contributed by atoms with Gasteiger partial charge in [-0.3, -0.25) is 4.68 Å². The smallest absolute Gasteiger partial charge is 0.317 e. The summed E-state index contributed by atoms with van der Waals surface area (Å²) in [6.07, 6.45) is 3.95. The molecule has 0 fully saturated rings. The van der Waals surface area contributed by atoms with Gasteiger partial charge in [-0.2, -0.15) is 5.10 Å². The lowest BCUT2D eigenvalue weighted by Crippen LogP contribution is -2.43. The summed E-state index contributed by atoms with van der Waals surface area (Å²) in [6, 6.07) is 10.3. The molecule has 1 aliphatic heterocycles. The van der Waals surface area contributed by atoms with Crippen LogP contribution in [0.2, 0.25) is 0 Å². The van der Waals surface area contributed by atoms with Crippen LogP contribution in [0.3, 0.4) is 0 Å². The Bertz CT molecular complexity index is 776. The molecule has 1 aromatic carbocycles. The zero-order valence-electron chi connectivity index (χ0n) is 15.2. The number of aromatic nitrogens is 2. The van der Waals surface area contributed by atoms with Gasteiger partial charge >= 0.3 is 6.03 Å². The third-order valence-electron chi connectivity index (χ3n) is 4.89. The number of carbonyl (C=O) groups is 1. The van der Waals surface area contributed by atoms with Crippen molar-refractivity contribution in [1.29, 1.82) is 0 Å². The molecule has 2 aromatic rings. The average Bonchev–Trinajstić information content (AvgIpc) is 2.88. The van der Waals surface area contributed by atoms with Gasteiger partial charge in [0.1, 0.15) is 0 Å². The molecule has 0 saturated heterocycles. The fourth-order valence-corrected chi connectivity index (χ4v) is 3.36. The number of benzene rings is 1. The molecule has 5 heteroatoms. The number of nitrogens with zero attached hydrogens (tertiary/aromatic N) is 3. The van der Waals surface area contributed by atoms with Crippen LogP contribution in [0.25, 0.3) is 5.57 Å². The van der Waals surface area contributed by atoms with Crippen LogP contribution in [0, 0.1) is 13.8 Å². The Morgan fingerprint density at radius 3 is 2.68 bits per heavy atom. The molecule has 3 rings (SSSR count). The second kappa shape index (κ2) is 7.55. The summed E-state index contributed by atoms with van der Waals surface area (Å²) in [7, 11) is 1.95. The van der Waals surface area contributed by atoms with Gasteiger partial charge in [0.2, 0.25) is 0 Å². The van der Waals surface area contributed by atoms with Crippen molar-refractivity contribution in [2.24, 2.45) is 7.05 Å². The average molecular weight is 338 g/mol. The molecule has 1 N–H and O–H groups in total. The van der Waals surface area contributed by atoms with Crippen LogP contribution in [-0.4, -0.2) is 40.3 Å². The Kier molecular flexibility index (Phi) is 5.22. The van der Waals surface area contributed by atoms with Crippen molar-refractivity contribution in [3.05, 3.63) is 58.9 Å². The number of rotatable bonds is 4. The second-order valence-corrected chi connectivity index (χ2v) is 6.56. The van der Waals surface area contributed by atoms with E-state index in [1.807, 2.05) is 41.8 Å². The van der Waals surface area contributed by atoms with E-state index in [1.165, 1.54) is 22.4 Å². The molecule has 25 heavy (non-hydrogen) atoms. The van der Waals surface area contributed by atoms with Crippen LogP contribution >= 0.6 is 0 Å². The number of nitrogens with one attached hydrogen (secondary N) is 1. The predicted molar refractivity (Wildman–Crippen MR) is 100 cm³/mol. The molecule has 0 bridgehead atoms. The first-order valence-electron chi connectivity index (χ1n) is 8.82. The van der Waals surface area contributed by atoms with E-state index in [9.17, 15) is 4.79 Å². The topological polar surface area (TPSA) is 50.2 Å². The van der Waals surface area contributed by atoms with Crippen molar-refractivity contribution in [2.75, 3.05) is 19.6 Å². The van der Waals surface area contributed by atoms with E-state index in [0.29, 0.717) is 13.1 Å². The van der Waals surface area contributed by atoms with Gasteiger partial charge in [-0.1, -0.05) is 36.4 Å². The molecule has 0 aliphatic carbocycles. The number of hydrogen-bond donors (Lipinski definition) is 1. The molecule has 0 saturated carbocycles. The highest BCUT2D eigenvalue weighted by Gasteiger charge is 2.19. The molecule has 132 valence electrons. The lowest BCUT2D eigenvalue weighted by Gasteiger charge is -2.28. The maximum absolute atomic E-state index is 12.5. The number of urea groups is 1. The number of carbonyl (C=O) groups excluding carboxylic acids is 1. The minimum absolute atomic E-state index is 0.0146. The highest BCUT2D eigenvalue weighted by atomic mass is 16.2. The van der Waals surface area contributed by atoms with Crippen molar-refractivity contribution < 1.29 is 4.79 Å². The maximum atomic E-state index is 12.5. The molecular formula is C20H26N4O. The monoisotopic (exact) mass is 338 g/mol. The Labute approximate surface area is 149 Å².